The van der Waals surface area contributed by atoms with Crippen LogP contribution in [0.25, 0.3) is 85.6 Å². The molecule has 9 aromatic carbocycles. The van der Waals surface area contributed by atoms with Gasteiger partial charge in [-0.2, -0.15) is 0 Å². The summed E-state index contributed by atoms with van der Waals surface area (Å²) >= 11 is 1.86. The smallest absolute Gasteiger partial charge is 0.135 e. The maximum Gasteiger partial charge on any atom is 0.135 e. The molecule has 0 bridgehead atoms. The van der Waals surface area contributed by atoms with Crippen LogP contribution < -0.4 is 4.90 Å². The van der Waals surface area contributed by atoms with Crippen LogP contribution in [-0.2, 0) is 0 Å². The van der Waals surface area contributed by atoms with Crippen LogP contribution in [-0.4, -0.2) is 0 Å². The number of benzene rings is 9. The molecule has 0 aliphatic carbocycles. The summed E-state index contributed by atoms with van der Waals surface area (Å²) in [7, 11) is 0. The van der Waals surface area contributed by atoms with Crippen molar-refractivity contribution in [3.05, 3.63) is 176 Å². The molecule has 0 aliphatic heterocycles. The molecule has 2 heterocycles. The van der Waals surface area contributed by atoms with E-state index >= 15 is 0 Å². The molecule has 2 aromatic heterocycles. The first kappa shape index (κ1) is 28.4. The van der Waals surface area contributed by atoms with Crippen molar-refractivity contribution in [2.75, 3.05) is 4.90 Å². The SMILES string of the molecule is c1ccc2c(-c3c(N(c4ccc5oc6ccccc6c5c4)c4cccc5sc6ccccc6c45)c4ccccc4c4ccccc34)cccc2c1. The summed E-state index contributed by atoms with van der Waals surface area (Å²) in [6.45, 7) is 0. The van der Waals surface area contributed by atoms with E-state index in [1.165, 1.54) is 63.6 Å². The second-order valence-electron chi connectivity index (χ2n) is 13.2. The summed E-state index contributed by atoms with van der Waals surface area (Å²) in [6.07, 6.45) is 0. The van der Waals surface area contributed by atoms with Gasteiger partial charge in [0.15, 0.2) is 0 Å². The lowest BCUT2D eigenvalue weighted by Gasteiger charge is -2.31. The number of furan rings is 1. The Morgan fingerprint density at radius 1 is 0.412 bits per heavy atom. The lowest BCUT2D eigenvalue weighted by Crippen LogP contribution is -2.13. The Morgan fingerprint density at radius 3 is 1.88 bits per heavy atom. The second-order valence-corrected chi connectivity index (χ2v) is 14.3. The highest BCUT2D eigenvalue weighted by atomic mass is 32.1. The van der Waals surface area contributed by atoms with Gasteiger partial charge < -0.3 is 9.32 Å². The Labute approximate surface area is 298 Å². The van der Waals surface area contributed by atoms with Gasteiger partial charge >= 0.3 is 0 Å². The van der Waals surface area contributed by atoms with E-state index in [2.05, 4.69) is 175 Å². The number of hydrogen-bond acceptors (Lipinski definition) is 3. The summed E-state index contributed by atoms with van der Waals surface area (Å²) in [5.41, 5.74) is 7.61. The molecular weight excluding hydrogens is 639 g/mol. The average Bonchev–Trinajstić information content (AvgIpc) is 3.76. The minimum Gasteiger partial charge on any atom is -0.456 e. The molecule has 0 saturated heterocycles. The van der Waals surface area contributed by atoms with Crippen LogP contribution in [0.1, 0.15) is 0 Å². The molecule has 238 valence electrons. The van der Waals surface area contributed by atoms with Crippen LogP contribution >= 0.6 is 11.3 Å². The summed E-state index contributed by atoms with van der Waals surface area (Å²) in [5, 5.41) is 12.1. The van der Waals surface area contributed by atoms with Crippen molar-refractivity contribution in [2.24, 2.45) is 0 Å². The molecule has 11 aromatic rings. The third kappa shape index (κ3) is 4.22. The predicted octanol–water partition coefficient (Wildman–Crippen LogP) is 14.6. The third-order valence-electron chi connectivity index (χ3n) is 10.4. The van der Waals surface area contributed by atoms with Gasteiger partial charge in [-0.15, -0.1) is 11.3 Å². The van der Waals surface area contributed by atoms with Gasteiger partial charge in [0.1, 0.15) is 11.2 Å². The largest absolute Gasteiger partial charge is 0.456 e. The minimum absolute atomic E-state index is 0.886. The van der Waals surface area contributed by atoms with Crippen molar-refractivity contribution in [2.45, 2.75) is 0 Å². The minimum atomic E-state index is 0.886. The van der Waals surface area contributed by atoms with Crippen molar-refractivity contribution in [3.8, 4) is 11.1 Å². The fraction of sp³-hybridized carbons (Fsp3) is 0. The van der Waals surface area contributed by atoms with Crippen LogP contribution in [0.2, 0.25) is 0 Å². The highest BCUT2D eigenvalue weighted by Crippen LogP contribution is 2.53. The van der Waals surface area contributed by atoms with E-state index in [4.69, 9.17) is 4.42 Å². The molecule has 0 spiro atoms. The third-order valence-corrected chi connectivity index (χ3v) is 11.6. The van der Waals surface area contributed by atoms with Crippen molar-refractivity contribution < 1.29 is 4.42 Å². The number of nitrogens with zero attached hydrogens (tertiary/aromatic N) is 1. The van der Waals surface area contributed by atoms with Crippen LogP contribution in [0.5, 0.6) is 0 Å². The van der Waals surface area contributed by atoms with E-state index in [1.807, 2.05) is 17.4 Å². The molecule has 3 heteroatoms. The summed E-state index contributed by atoms with van der Waals surface area (Å²) in [4.78, 5) is 2.54. The van der Waals surface area contributed by atoms with Gasteiger partial charge in [0.25, 0.3) is 0 Å². The van der Waals surface area contributed by atoms with Gasteiger partial charge in [0.05, 0.1) is 11.4 Å². The summed E-state index contributed by atoms with van der Waals surface area (Å²) in [6, 6.07) is 64.0. The van der Waals surface area contributed by atoms with Crippen LogP contribution in [0.3, 0.4) is 0 Å². The molecule has 0 aliphatic rings. The van der Waals surface area contributed by atoms with Crippen molar-refractivity contribution in [3.63, 3.8) is 0 Å². The Bertz CT molecular complexity index is 3160. The Hall–Kier alpha value is -6.42. The number of anilines is 3. The fourth-order valence-corrected chi connectivity index (χ4v) is 9.38. The first-order valence-corrected chi connectivity index (χ1v) is 18.2. The fourth-order valence-electron chi connectivity index (χ4n) is 8.26. The van der Waals surface area contributed by atoms with E-state index in [1.54, 1.807) is 0 Å². The molecule has 0 N–H and O–H groups in total. The average molecular weight is 668 g/mol. The molecular formula is C48H29NOS. The normalized spacial score (nSPS) is 11.9. The predicted molar refractivity (Wildman–Crippen MR) is 219 cm³/mol. The number of rotatable bonds is 4. The van der Waals surface area contributed by atoms with E-state index < -0.39 is 0 Å². The Morgan fingerprint density at radius 2 is 1.02 bits per heavy atom. The Balaban J connectivity index is 1.36. The lowest BCUT2D eigenvalue weighted by atomic mass is 9.87. The molecule has 11 rings (SSSR count). The van der Waals surface area contributed by atoms with Crippen LogP contribution in [0.4, 0.5) is 17.1 Å². The van der Waals surface area contributed by atoms with Gasteiger partial charge in [-0.1, -0.05) is 133 Å². The Kier molecular flexibility index (Phi) is 6.16. The van der Waals surface area contributed by atoms with E-state index in [0.717, 1.165) is 39.0 Å². The number of thiophene rings is 1. The monoisotopic (exact) mass is 667 g/mol. The topological polar surface area (TPSA) is 16.4 Å². The van der Waals surface area contributed by atoms with E-state index in [9.17, 15) is 0 Å². The lowest BCUT2D eigenvalue weighted by molar-refractivity contribution is 0.669. The van der Waals surface area contributed by atoms with Gasteiger partial charge in [0.2, 0.25) is 0 Å². The first-order valence-electron chi connectivity index (χ1n) is 17.4. The number of para-hydroxylation sites is 1. The van der Waals surface area contributed by atoms with Crippen molar-refractivity contribution in [1.29, 1.82) is 0 Å². The zero-order chi connectivity index (χ0) is 33.5. The molecule has 0 atom stereocenters. The van der Waals surface area contributed by atoms with E-state index in [0.29, 0.717) is 0 Å². The molecule has 0 fully saturated rings. The number of hydrogen-bond donors (Lipinski definition) is 0. The quantitative estimate of drug-likeness (QED) is 0.174. The molecule has 51 heavy (non-hydrogen) atoms. The molecule has 2 nitrogen and oxygen atoms in total. The molecule has 0 radical (unpaired) electrons. The van der Waals surface area contributed by atoms with Crippen molar-refractivity contribution >= 4 is 103 Å². The first-order chi connectivity index (χ1) is 25.3. The maximum atomic E-state index is 6.37. The highest BCUT2D eigenvalue weighted by molar-refractivity contribution is 7.26. The van der Waals surface area contributed by atoms with Gasteiger partial charge in [-0.3, -0.25) is 0 Å². The zero-order valence-electron chi connectivity index (χ0n) is 27.5. The second kappa shape index (κ2) is 11.0. The zero-order valence-corrected chi connectivity index (χ0v) is 28.3. The maximum absolute atomic E-state index is 6.37. The van der Waals surface area contributed by atoms with Crippen molar-refractivity contribution in [1.82, 2.24) is 0 Å². The summed E-state index contributed by atoms with van der Waals surface area (Å²) in [5.74, 6) is 0. The molecule has 0 unspecified atom stereocenters. The van der Waals surface area contributed by atoms with Crippen LogP contribution in [0.15, 0.2) is 180 Å². The van der Waals surface area contributed by atoms with E-state index in [-0.39, 0.29) is 0 Å². The van der Waals surface area contributed by atoms with Crippen LogP contribution in [0, 0.1) is 0 Å². The van der Waals surface area contributed by atoms with Gasteiger partial charge in [-0.05, 0) is 75.0 Å². The van der Waals surface area contributed by atoms with Gasteiger partial charge in [-0.25, -0.2) is 0 Å². The standard InChI is InChI=1S/C48H29NOS/c1-2-15-32-30(13-1)14-11-22-36(32)46-37-19-5-3-16-33(37)34-17-4-6-20-38(34)48(46)49(31-27-28-43-40(29-31)35-18-7-9-24-42(35)50-43)41-23-12-26-45-47(41)39-21-8-10-25-44(39)51-45/h1-29H. The van der Waals surface area contributed by atoms with Gasteiger partial charge in [0, 0.05) is 47.6 Å². The highest BCUT2D eigenvalue weighted by Gasteiger charge is 2.27. The number of fused-ring (bicyclic) bond motifs is 10. The summed E-state index contributed by atoms with van der Waals surface area (Å²) < 4.78 is 8.92. The molecule has 0 saturated carbocycles. The molecule has 0 amide bonds.